The van der Waals surface area contributed by atoms with Crippen molar-refractivity contribution in [1.82, 2.24) is 10.6 Å². The highest BCUT2D eigenvalue weighted by atomic mass is 16.2. The van der Waals surface area contributed by atoms with Crippen LogP contribution in [0.3, 0.4) is 0 Å². The fourth-order valence-electron chi connectivity index (χ4n) is 7.70. The standard InChI is InChI=1S/C28H42N4O2/c29-11-4-2-1-3-8-24(32-28-16-19-12-20(17-28)14-21(13-19)18-28)22-6-5-7-23(15-22)30-25-9-10-26(33)31-27(25)34/h5-7,15,19-21,24-25,30,32H,1-4,8-14,16-18,29H2,(H,31,33,34). The molecule has 2 atom stereocenters. The first kappa shape index (κ1) is 23.8. The number of carbonyl (C=O) groups is 2. The Balaban J connectivity index is 1.30. The molecule has 0 aromatic heterocycles. The van der Waals surface area contributed by atoms with E-state index in [2.05, 4.69) is 34.1 Å². The van der Waals surface area contributed by atoms with Crippen LogP contribution in [0.15, 0.2) is 24.3 Å². The normalized spacial score (nSPS) is 33.1. The maximum atomic E-state index is 12.3. The van der Waals surface area contributed by atoms with Gasteiger partial charge in [0.05, 0.1) is 0 Å². The Kier molecular flexibility index (Phi) is 7.26. The van der Waals surface area contributed by atoms with Gasteiger partial charge in [-0.15, -0.1) is 0 Å². The first-order chi connectivity index (χ1) is 16.5. The Bertz CT molecular complexity index is 850. The number of piperidine rings is 1. The third-order valence-electron chi connectivity index (χ3n) is 8.83. The average molecular weight is 467 g/mol. The highest BCUT2D eigenvalue weighted by Gasteiger charge is 2.51. The molecule has 5 N–H and O–H groups in total. The van der Waals surface area contributed by atoms with E-state index >= 15 is 0 Å². The molecule has 6 nitrogen and oxygen atoms in total. The maximum absolute atomic E-state index is 12.3. The summed E-state index contributed by atoms with van der Waals surface area (Å²) in [4.78, 5) is 23.8. The van der Waals surface area contributed by atoms with E-state index in [1.165, 1.54) is 63.4 Å². The molecule has 34 heavy (non-hydrogen) atoms. The van der Waals surface area contributed by atoms with Crippen molar-refractivity contribution in [2.45, 2.75) is 101 Å². The van der Waals surface area contributed by atoms with Gasteiger partial charge < -0.3 is 16.4 Å². The molecular formula is C28H42N4O2. The largest absolute Gasteiger partial charge is 0.374 e. The van der Waals surface area contributed by atoms with E-state index in [1.807, 2.05) is 6.07 Å². The molecule has 2 amide bonds. The lowest BCUT2D eigenvalue weighted by Gasteiger charge is -2.58. The summed E-state index contributed by atoms with van der Waals surface area (Å²) in [7, 11) is 0. The first-order valence-electron chi connectivity index (χ1n) is 13.7. The summed E-state index contributed by atoms with van der Waals surface area (Å²) in [5, 5.41) is 10.1. The number of benzene rings is 1. The highest BCUT2D eigenvalue weighted by molar-refractivity contribution is 6.01. The lowest BCUT2D eigenvalue weighted by molar-refractivity contribution is -0.133. The second kappa shape index (κ2) is 10.4. The van der Waals surface area contributed by atoms with Gasteiger partial charge in [-0.25, -0.2) is 0 Å². The summed E-state index contributed by atoms with van der Waals surface area (Å²) < 4.78 is 0. The van der Waals surface area contributed by atoms with Gasteiger partial charge in [-0.1, -0.05) is 31.4 Å². The molecule has 0 radical (unpaired) electrons. The predicted molar refractivity (Wildman–Crippen MR) is 135 cm³/mol. The van der Waals surface area contributed by atoms with Crippen LogP contribution in [0.4, 0.5) is 5.69 Å². The third-order valence-corrected chi connectivity index (χ3v) is 8.83. The van der Waals surface area contributed by atoms with E-state index < -0.39 is 0 Å². The fourth-order valence-corrected chi connectivity index (χ4v) is 7.70. The number of nitrogens with one attached hydrogen (secondary N) is 3. The summed E-state index contributed by atoms with van der Waals surface area (Å²) in [6.45, 7) is 0.781. The van der Waals surface area contributed by atoms with Crippen molar-refractivity contribution >= 4 is 17.5 Å². The summed E-state index contributed by atoms with van der Waals surface area (Å²) in [5.74, 6) is 2.37. The molecule has 0 spiro atoms. The summed E-state index contributed by atoms with van der Waals surface area (Å²) in [6, 6.07) is 8.59. The van der Waals surface area contributed by atoms with Gasteiger partial charge in [-0.05, 0) is 99.8 Å². The number of hydrogen-bond donors (Lipinski definition) is 4. The lowest BCUT2D eigenvalue weighted by atomic mass is 9.53. The van der Waals surface area contributed by atoms with Crippen molar-refractivity contribution < 1.29 is 9.59 Å². The minimum atomic E-state index is -0.348. The molecule has 1 heterocycles. The molecule has 4 aliphatic carbocycles. The smallest absolute Gasteiger partial charge is 0.249 e. The Hall–Kier alpha value is -1.92. The van der Waals surface area contributed by atoms with Crippen molar-refractivity contribution in [2.24, 2.45) is 23.5 Å². The Morgan fingerprint density at radius 3 is 2.38 bits per heavy atom. The topological polar surface area (TPSA) is 96.2 Å². The van der Waals surface area contributed by atoms with Gasteiger partial charge in [-0.3, -0.25) is 14.9 Å². The van der Waals surface area contributed by atoms with Crippen LogP contribution in [0.2, 0.25) is 0 Å². The predicted octanol–water partition coefficient (Wildman–Crippen LogP) is 4.41. The third kappa shape index (κ3) is 5.49. The van der Waals surface area contributed by atoms with E-state index in [1.54, 1.807) is 0 Å². The summed E-state index contributed by atoms with van der Waals surface area (Å²) >= 11 is 0. The summed E-state index contributed by atoms with van der Waals surface area (Å²) in [6.07, 6.45) is 15.2. The van der Waals surface area contributed by atoms with Gasteiger partial charge >= 0.3 is 0 Å². The van der Waals surface area contributed by atoms with Crippen LogP contribution in [-0.4, -0.2) is 29.9 Å². The highest BCUT2D eigenvalue weighted by Crippen LogP contribution is 2.56. The molecule has 5 fully saturated rings. The van der Waals surface area contributed by atoms with Crippen molar-refractivity contribution in [3.05, 3.63) is 29.8 Å². The van der Waals surface area contributed by atoms with Gasteiger partial charge in [0, 0.05) is 23.7 Å². The molecule has 1 aromatic rings. The zero-order valence-electron chi connectivity index (χ0n) is 20.5. The van der Waals surface area contributed by atoms with Gasteiger partial charge in [0.2, 0.25) is 11.8 Å². The van der Waals surface area contributed by atoms with Crippen LogP contribution in [0, 0.1) is 17.8 Å². The molecular weight excluding hydrogens is 424 g/mol. The number of nitrogens with two attached hydrogens (primary N) is 1. The Morgan fingerprint density at radius 2 is 1.71 bits per heavy atom. The first-order valence-corrected chi connectivity index (χ1v) is 13.7. The van der Waals surface area contributed by atoms with E-state index in [0.717, 1.165) is 42.8 Å². The minimum absolute atomic E-state index is 0.175. The number of anilines is 1. The Morgan fingerprint density at radius 1 is 1.00 bits per heavy atom. The molecule has 186 valence electrons. The molecule has 2 unspecified atom stereocenters. The van der Waals surface area contributed by atoms with Crippen LogP contribution in [0.5, 0.6) is 0 Å². The van der Waals surface area contributed by atoms with E-state index in [9.17, 15) is 9.59 Å². The maximum Gasteiger partial charge on any atom is 0.249 e. The number of carbonyl (C=O) groups excluding carboxylic acids is 2. The number of hydrogen-bond acceptors (Lipinski definition) is 5. The van der Waals surface area contributed by atoms with Gasteiger partial charge in [0.15, 0.2) is 0 Å². The SMILES string of the molecule is NCCCCCCC(NC12CC3CC(CC(C3)C1)C2)c1cccc(NC2CCC(=O)NC2=O)c1. The van der Waals surface area contributed by atoms with Crippen LogP contribution in [-0.2, 0) is 9.59 Å². The van der Waals surface area contributed by atoms with Crippen molar-refractivity contribution in [3.63, 3.8) is 0 Å². The van der Waals surface area contributed by atoms with Crippen LogP contribution in [0.25, 0.3) is 0 Å². The van der Waals surface area contributed by atoms with Crippen LogP contribution < -0.4 is 21.7 Å². The molecule has 1 aliphatic heterocycles. The average Bonchev–Trinajstić information content (AvgIpc) is 2.79. The van der Waals surface area contributed by atoms with Gasteiger partial charge in [0.25, 0.3) is 0 Å². The molecule has 6 heteroatoms. The lowest BCUT2D eigenvalue weighted by Crippen LogP contribution is -2.59. The second-order valence-electron chi connectivity index (χ2n) is 11.7. The zero-order valence-corrected chi connectivity index (χ0v) is 20.5. The number of rotatable bonds is 11. The van der Waals surface area contributed by atoms with Crippen LogP contribution in [0.1, 0.15) is 95.1 Å². The molecule has 1 saturated heterocycles. The van der Waals surface area contributed by atoms with E-state index in [-0.39, 0.29) is 17.9 Å². The second-order valence-corrected chi connectivity index (χ2v) is 11.7. The van der Waals surface area contributed by atoms with Crippen LogP contribution >= 0.6 is 0 Å². The number of amides is 2. The van der Waals surface area contributed by atoms with Crippen molar-refractivity contribution in [2.75, 3.05) is 11.9 Å². The summed E-state index contributed by atoms with van der Waals surface area (Å²) in [5.41, 5.74) is 8.29. The molecule has 4 saturated carbocycles. The molecule has 5 aliphatic rings. The Labute approximate surface area is 204 Å². The minimum Gasteiger partial charge on any atom is -0.374 e. The van der Waals surface area contributed by atoms with Crippen molar-refractivity contribution in [3.8, 4) is 0 Å². The van der Waals surface area contributed by atoms with E-state index in [0.29, 0.717) is 24.4 Å². The number of imide groups is 1. The number of unbranched alkanes of at least 4 members (excludes halogenated alkanes) is 3. The van der Waals surface area contributed by atoms with E-state index in [4.69, 9.17) is 5.73 Å². The fraction of sp³-hybridized carbons (Fsp3) is 0.714. The monoisotopic (exact) mass is 466 g/mol. The van der Waals surface area contributed by atoms with Gasteiger partial charge in [0.1, 0.15) is 6.04 Å². The molecule has 6 rings (SSSR count). The molecule has 4 bridgehead atoms. The quantitative estimate of drug-likeness (QED) is 0.286. The van der Waals surface area contributed by atoms with Gasteiger partial charge in [-0.2, -0.15) is 0 Å². The molecule has 1 aromatic carbocycles. The van der Waals surface area contributed by atoms with Crippen molar-refractivity contribution in [1.29, 1.82) is 0 Å². The zero-order chi connectivity index (χ0) is 23.5.